The Morgan fingerprint density at radius 2 is 2.12 bits per heavy atom. The van der Waals surface area contributed by atoms with Gasteiger partial charge in [-0.15, -0.1) is 35.3 Å². The first-order valence-corrected chi connectivity index (χ1v) is 9.34. The van der Waals surface area contributed by atoms with E-state index in [1.54, 1.807) is 18.4 Å². The quantitative estimate of drug-likeness (QED) is 0.231. The first-order valence-electron chi connectivity index (χ1n) is 8.46. The first-order chi connectivity index (χ1) is 12.2. The number of hydrogen-bond acceptors (Lipinski definition) is 4. The highest BCUT2D eigenvalue weighted by molar-refractivity contribution is 14.0. The summed E-state index contributed by atoms with van der Waals surface area (Å²) in [7, 11) is 1.70. The van der Waals surface area contributed by atoms with Gasteiger partial charge in [-0.2, -0.15) is 0 Å². The van der Waals surface area contributed by atoms with Crippen LogP contribution < -0.4 is 15.8 Å². The van der Waals surface area contributed by atoms with Crippen molar-refractivity contribution >= 4 is 41.3 Å². The van der Waals surface area contributed by atoms with E-state index in [-0.39, 0.29) is 24.0 Å². The molecule has 7 heteroatoms. The molecule has 0 saturated carbocycles. The predicted molar refractivity (Wildman–Crippen MR) is 120 cm³/mol. The fraction of sp³-hybridized carbons (Fsp3) is 0.421. The lowest BCUT2D eigenvalue weighted by atomic mass is 10.1. The van der Waals surface area contributed by atoms with Crippen molar-refractivity contribution in [2.24, 2.45) is 10.7 Å². The number of rotatable bonds is 10. The molecule has 1 heterocycles. The predicted octanol–water partition coefficient (Wildman–Crippen LogP) is 3.74. The Bertz CT molecular complexity index is 663. The van der Waals surface area contributed by atoms with Gasteiger partial charge in [0.05, 0.1) is 13.2 Å². The topological polar surface area (TPSA) is 68.9 Å². The van der Waals surface area contributed by atoms with Crippen molar-refractivity contribution in [3.8, 4) is 5.75 Å². The van der Waals surface area contributed by atoms with Crippen molar-refractivity contribution in [2.45, 2.75) is 26.3 Å². The van der Waals surface area contributed by atoms with E-state index in [1.807, 2.05) is 12.1 Å². The Balaban J connectivity index is 0.00000338. The van der Waals surface area contributed by atoms with Gasteiger partial charge in [0, 0.05) is 37.1 Å². The lowest BCUT2D eigenvalue weighted by molar-refractivity contribution is 0.172. The van der Waals surface area contributed by atoms with Gasteiger partial charge in [0.2, 0.25) is 0 Å². The summed E-state index contributed by atoms with van der Waals surface area (Å²) >= 11 is 1.75. The number of nitrogens with zero attached hydrogens (tertiary/aromatic N) is 1. The van der Waals surface area contributed by atoms with Gasteiger partial charge in [-0.1, -0.05) is 18.2 Å². The Labute approximate surface area is 177 Å². The number of ether oxygens (including phenoxy) is 2. The highest BCUT2D eigenvalue weighted by atomic mass is 127. The van der Waals surface area contributed by atoms with Crippen LogP contribution in [0.1, 0.15) is 22.4 Å². The van der Waals surface area contributed by atoms with Gasteiger partial charge in [-0.25, -0.2) is 4.99 Å². The highest BCUT2D eigenvalue weighted by Crippen LogP contribution is 2.21. The Kier molecular flexibility index (Phi) is 11.3. The molecule has 0 unspecified atom stereocenters. The third-order valence-electron chi connectivity index (χ3n) is 3.65. The van der Waals surface area contributed by atoms with Gasteiger partial charge < -0.3 is 20.5 Å². The molecule has 2 rings (SSSR count). The van der Waals surface area contributed by atoms with E-state index < -0.39 is 0 Å². The van der Waals surface area contributed by atoms with Crippen molar-refractivity contribution < 1.29 is 9.47 Å². The summed E-state index contributed by atoms with van der Waals surface area (Å²) in [5.74, 6) is 1.33. The lowest BCUT2D eigenvalue weighted by Crippen LogP contribution is -2.33. The van der Waals surface area contributed by atoms with Crippen molar-refractivity contribution in [2.75, 3.05) is 26.9 Å². The second-order valence-corrected chi connectivity index (χ2v) is 6.80. The maximum atomic E-state index is 5.97. The molecule has 0 aliphatic heterocycles. The molecule has 26 heavy (non-hydrogen) atoms. The van der Waals surface area contributed by atoms with Crippen molar-refractivity contribution in [3.05, 3.63) is 51.7 Å². The summed E-state index contributed by atoms with van der Waals surface area (Å²) in [6, 6.07) is 10.3. The number of halogens is 1. The number of guanidine groups is 1. The zero-order valence-electron chi connectivity index (χ0n) is 15.4. The molecule has 3 N–H and O–H groups in total. The number of nitrogens with one attached hydrogen (secondary N) is 1. The van der Waals surface area contributed by atoms with Crippen molar-refractivity contribution in [1.82, 2.24) is 5.32 Å². The molecule has 0 radical (unpaired) electrons. The zero-order chi connectivity index (χ0) is 17.9. The minimum atomic E-state index is 0. The van der Waals surface area contributed by atoms with Gasteiger partial charge in [-0.05, 0) is 36.4 Å². The summed E-state index contributed by atoms with van der Waals surface area (Å²) in [5.41, 5.74) is 8.16. The van der Waals surface area contributed by atoms with E-state index in [0.717, 1.165) is 36.3 Å². The van der Waals surface area contributed by atoms with E-state index in [4.69, 9.17) is 15.2 Å². The molecule has 2 aromatic rings. The van der Waals surface area contributed by atoms with Crippen LogP contribution in [0.15, 0.2) is 40.7 Å². The molecule has 1 aromatic carbocycles. The van der Waals surface area contributed by atoms with Gasteiger partial charge in [0.1, 0.15) is 5.75 Å². The second kappa shape index (κ2) is 12.9. The molecule has 0 aliphatic rings. The normalized spacial score (nSPS) is 11.1. The third-order valence-corrected chi connectivity index (χ3v) is 4.59. The Morgan fingerprint density at radius 3 is 2.85 bits per heavy atom. The minimum absolute atomic E-state index is 0. The summed E-state index contributed by atoms with van der Waals surface area (Å²) in [6.45, 7) is 4.65. The molecule has 0 bridgehead atoms. The number of thiophene rings is 1. The SMILES string of the molecule is COCCCOc1cc(C)ccc1CN=C(N)NCCc1cccs1.I. The number of aliphatic imine (C=N–C) groups is 1. The molecular weight excluding hydrogens is 461 g/mol. The molecule has 1 aromatic heterocycles. The van der Waals surface area contributed by atoms with Gasteiger partial charge in [0.15, 0.2) is 5.96 Å². The number of methoxy groups -OCH3 is 1. The monoisotopic (exact) mass is 489 g/mol. The zero-order valence-corrected chi connectivity index (χ0v) is 18.5. The molecule has 0 spiro atoms. The van der Waals surface area contributed by atoms with E-state index in [0.29, 0.717) is 25.7 Å². The molecule has 0 fully saturated rings. The second-order valence-electron chi connectivity index (χ2n) is 5.76. The van der Waals surface area contributed by atoms with Crippen LogP contribution in [-0.4, -0.2) is 32.8 Å². The number of benzene rings is 1. The molecule has 0 atom stereocenters. The summed E-state index contributed by atoms with van der Waals surface area (Å²) in [6.07, 6.45) is 1.81. The maximum Gasteiger partial charge on any atom is 0.188 e. The van der Waals surface area contributed by atoms with E-state index in [1.165, 1.54) is 4.88 Å². The van der Waals surface area contributed by atoms with Gasteiger partial charge in [-0.3, -0.25) is 0 Å². The first kappa shape index (κ1) is 22.7. The van der Waals surface area contributed by atoms with Gasteiger partial charge >= 0.3 is 0 Å². The van der Waals surface area contributed by atoms with Crippen LogP contribution in [0.3, 0.4) is 0 Å². The Morgan fingerprint density at radius 1 is 1.27 bits per heavy atom. The average molecular weight is 489 g/mol. The summed E-state index contributed by atoms with van der Waals surface area (Å²) in [4.78, 5) is 5.77. The van der Waals surface area contributed by atoms with Crippen molar-refractivity contribution in [1.29, 1.82) is 0 Å². The van der Waals surface area contributed by atoms with E-state index in [2.05, 4.69) is 40.8 Å². The molecular formula is C19H28IN3O2S. The fourth-order valence-corrected chi connectivity index (χ4v) is 3.02. The molecule has 0 amide bonds. The molecule has 0 aliphatic carbocycles. The smallest absolute Gasteiger partial charge is 0.188 e. The minimum Gasteiger partial charge on any atom is -0.493 e. The standard InChI is InChI=1S/C19H27N3O2S.HI/c1-15-6-7-16(18(13-15)24-11-4-10-23-2)14-22-19(20)21-9-8-17-5-3-12-25-17;/h3,5-7,12-13H,4,8-11,14H2,1-2H3,(H3,20,21,22);1H. The van der Waals surface area contributed by atoms with E-state index >= 15 is 0 Å². The lowest BCUT2D eigenvalue weighted by Gasteiger charge is -2.12. The average Bonchev–Trinajstić information content (AvgIpc) is 3.11. The fourth-order valence-electron chi connectivity index (χ4n) is 2.31. The van der Waals surface area contributed by atoms with Crippen LogP contribution >= 0.6 is 35.3 Å². The van der Waals surface area contributed by atoms with Crippen LogP contribution in [-0.2, 0) is 17.7 Å². The van der Waals surface area contributed by atoms with Crippen LogP contribution in [0, 0.1) is 6.92 Å². The van der Waals surface area contributed by atoms with Gasteiger partial charge in [0.25, 0.3) is 0 Å². The highest BCUT2D eigenvalue weighted by Gasteiger charge is 2.04. The summed E-state index contributed by atoms with van der Waals surface area (Å²) < 4.78 is 10.9. The number of hydrogen-bond donors (Lipinski definition) is 2. The van der Waals surface area contributed by atoms with Crippen LogP contribution in [0.4, 0.5) is 0 Å². The van der Waals surface area contributed by atoms with Crippen molar-refractivity contribution in [3.63, 3.8) is 0 Å². The van der Waals surface area contributed by atoms with Crippen LogP contribution in [0.25, 0.3) is 0 Å². The third kappa shape index (κ3) is 8.37. The largest absolute Gasteiger partial charge is 0.493 e. The van der Waals surface area contributed by atoms with Crippen LogP contribution in [0.2, 0.25) is 0 Å². The summed E-state index contributed by atoms with van der Waals surface area (Å²) in [5, 5.41) is 5.24. The Hall–Kier alpha value is -1.32. The molecule has 144 valence electrons. The number of nitrogens with two attached hydrogens (primary N) is 1. The van der Waals surface area contributed by atoms with E-state index in [9.17, 15) is 0 Å². The molecule has 0 saturated heterocycles. The van der Waals surface area contributed by atoms with Crippen LogP contribution in [0.5, 0.6) is 5.75 Å². The maximum absolute atomic E-state index is 5.97. The molecule has 5 nitrogen and oxygen atoms in total. The number of aryl methyl sites for hydroxylation is 1.